The number of halogens is 1. The van der Waals surface area contributed by atoms with Crippen LogP contribution in [0.3, 0.4) is 0 Å². The van der Waals surface area contributed by atoms with E-state index >= 15 is 0 Å². The summed E-state index contributed by atoms with van der Waals surface area (Å²) in [6.07, 6.45) is 4.41. The predicted molar refractivity (Wildman–Crippen MR) is 81.0 cm³/mol. The first kappa shape index (κ1) is 15.1. The number of rotatable bonds is 7. The van der Waals surface area contributed by atoms with Crippen molar-refractivity contribution in [3.05, 3.63) is 40.6 Å². The molecule has 0 fully saturated rings. The fraction of sp³-hybridized carbons (Fsp3) is 0.533. The number of hydrogen-bond acceptors (Lipinski definition) is 3. The summed E-state index contributed by atoms with van der Waals surface area (Å²) < 4.78 is 7.42. The molecule has 0 bridgehead atoms. The van der Waals surface area contributed by atoms with Crippen molar-refractivity contribution < 1.29 is 4.42 Å². The maximum Gasteiger partial charge on any atom is 0.121 e. The summed E-state index contributed by atoms with van der Waals surface area (Å²) in [7, 11) is 1.94. The van der Waals surface area contributed by atoms with Gasteiger partial charge in [-0.3, -0.25) is 4.68 Å². The van der Waals surface area contributed by atoms with Crippen LogP contribution in [0.1, 0.15) is 43.5 Å². The van der Waals surface area contributed by atoms with Crippen molar-refractivity contribution in [1.29, 1.82) is 0 Å². The van der Waals surface area contributed by atoms with Gasteiger partial charge in [0.15, 0.2) is 0 Å². The minimum Gasteiger partial charge on any atom is -0.468 e. The number of aromatic nitrogens is 2. The third-order valence-electron chi connectivity index (χ3n) is 3.43. The second kappa shape index (κ2) is 6.95. The van der Waals surface area contributed by atoms with Crippen molar-refractivity contribution in [3.8, 4) is 0 Å². The average Bonchev–Trinajstić information content (AvgIpc) is 3.05. The standard InChI is InChI=1S/C15H22ClN3O/c1-4-8-17-12(14-7-6-9-20-14)10-13-15(16)11(5-2)18-19(13)3/h6-7,9,12,17H,4-5,8,10H2,1-3H3. The van der Waals surface area contributed by atoms with E-state index in [1.54, 1.807) is 6.26 Å². The second-order valence-corrected chi connectivity index (χ2v) is 5.29. The highest BCUT2D eigenvalue weighted by atomic mass is 35.5. The Labute approximate surface area is 125 Å². The first-order valence-corrected chi connectivity index (χ1v) is 7.52. The van der Waals surface area contributed by atoms with Crippen LogP contribution >= 0.6 is 11.6 Å². The maximum atomic E-state index is 6.43. The zero-order chi connectivity index (χ0) is 14.5. The van der Waals surface area contributed by atoms with Crippen LogP contribution in [0, 0.1) is 0 Å². The molecule has 2 heterocycles. The zero-order valence-electron chi connectivity index (χ0n) is 12.3. The van der Waals surface area contributed by atoms with Crippen molar-refractivity contribution in [2.75, 3.05) is 6.54 Å². The molecule has 2 aromatic heterocycles. The van der Waals surface area contributed by atoms with Gasteiger partial charge in [-0.05, 0) is 31.5 Å². The van der Waals surface area contributed by atoms with E-state index in [1.165, 1.54) is 0 Å². The third kappa shape index (κ3) is 3.25. The third-order valence-corrected chi connectivity index (χ3v) is 3.86. The van der Waals surface area contributed by atoms with E-state index in [0.29, 0.717) is 0 Å². The van der Waals surface area contributed by atoms with Crippen LogP contribution < -0.4 is 5.32 Å². The van der Waals surface area contributed by atoms with Gasteiger partial charge in [-0.2, -0.15) is 5.10 Å². The van der Waals surface area contributed by atoms with Crippen molar-refractivity contribution in [1.82, 2.24) is 15.1 Å². The summed E-state index contributed by atoms with van der Waals surface area (Å²) in [5.41, 5.74) is 2.01. The van der Waals surface area contributed by atoms with Crippen LogP contribution in [0.2, 0.25) is 5.02 Å². The monoisotopic (exact) mass is 295 g/mol. The smallest absolute Gasteiger partial charge is 0.121 e. The molecule has 0 saturated heterocycles. The molecule has 5 heteroatoms. The normalized spacial score (nSPS) is 12.8. The summed E-state index contributed by atoms with van der Waals surface area (Å²) in [6, 6.07) is 4.04. The topological polar surface area (TPSA) is 43.0 Å². The lowest BCUT2D eigenvalue weighted by Gasteiger charge is -2.16. The Morgan fingerprint density at radius 2 is 2.25 bits per heavy atom. The molecule has 0 aliphatic rings. The molecule has 2 rings (SSSR count). The molecule has 0 aliphatic heterocycles. The molecule has 110 valence electrons. The van der Waals surface area contributed by atoms with Gasteiger partial charge in [-0.25, -0.2) is 0 Å². The highest BCUT2D eigenvalue weighted by Gasteiger charge is 2.20. The number of aryl methyl sites for hydroxylation is 2. The van der Waals surface area contributed by atoms with Gasteiger partial charge in [-0.1, -0.05) is 25.4 Å². The Hall–Kier alpha value is -1.26. The van der Waals surface area contributed by atoms with Crippen LogP contribution in [0.4, 0.5) is 0 Å². The first-order valence-electron chi connectivity index (χ1n) is 7.14. The van der Waals surface area contributed by atoms with Crippen molar-refractivity contribution in [2.45, 2.75) is 39.2 Å². The largest absolute Gasteiger partial charge is 0.468 e. The Kier molecular flexibility index (Phi) is 5.26. The first-order chi connectivity index (χ1) is 9.67. The fourth-order valence-corrected chi connectivity index (χ4v) is 2.69. The molecule has 4 nitrogen and oxygen atoms in total. The fourth-order valence-electron chi connectivity index (χ4n) is 2.32. The van der Waals surface area contributed by atoms with E-state index in [2.05, 4.69) is 24.3 Å². The predicted octanol–water partition coefficient (Wildman–Crippen LogP) is 3.51. The van der Waals surface area contributed by atoms with Gasteiger partial charge < -0.3 is 9.73 Å². The summed E-state index contributed by atoms with van der Waals surface area (Å²) in [5, 5.41) is 8.76. The molecule has 0 amide bonds. The van der Waals surface area contributed by atoms with Crippen molar-refractivity contribution in [2.24, 2.45) is 7.05 Å². The van der Waals surface area contributed by atoms with Gasteiger partial charge in [0.1, 0.15) is 5.76 Å². The van der Waals surface area contributed by atoms with E-state index < -0.39 is 0 Å². The molecule has 0 radical (unpaired) electrons. The molecule has 1 unspecified atom stereocenters. The molecular formula is C15H22ClN3O. The Morgan fingerprint density at radius 3 is 2.80 bits per heavy atom. The molecule has 0 aliphatic carbocycles. The molecule has 0 aromatic carbocycles. The minimum absolute atomic E-state index is 0.127. The van der Waals surface area contributed by atoms with E-state index in [-0.39, 0.29) is 6.04 Å². The number of hydrogen-bond donors (Lipinski definition) is 1. The van der Waals surface area contributed by atoms with Crippen LogP contribution in [-0.2, 0) is 19.9 Å². The molecule has 2 aromatic rings. The molecule has 1 atom stereocenters. The van der Waals surface area contributed by atoms with Crippen molar-refractivity contribution in [3.63, 3.8) is 0 Å². The zero-order valence-corrected chi connectivity index (χ0v) is 13.1. The molecule has 20 heavy (non-hydrogen) atoms. The lowest BCUT2D eigenvalue weighted by molar-refractivity contribution is 0.405. The summed E-state index contributed by atoms with van der Waals surface area (Å²) in [6.45, 7) is 5.16. The molecule has 0 spiro atoms. The molecule has 0 saturated carbocycles. The van der Waals surface area contributed by atoms with Crippen molar-refractivity contribution >= 4 is 11.6 Å². The average molecular weight is 296 g/mol. The van der Waals surface area contributed by atoms with Gasteiger partial charge >= 0.3 is 0 Å². The van der Waals surface area contributed by atoms with Gasteiger partial charge in [0.2, 0.25) is 0 Å². The number of furan rings is 1. The lowest BCUT2D eigenvalue weighted by Crippen LogP contribution is -2.24. The van der Waals surface area contributed by atoms with Gasteiger partial charge in [0.25, 0.3) is 0 Å². The summed E-state index contributed by atoms with van der Waals surface area (Å²) in [5.74, 6) is 0.939. The molecule has 1 N–H and O–H groups in total. The molecular weight excluding hydrogens is 274 g/mol. The Morgan fingerprint density at radius 1 is 1.45 bits per heavy atom. The van der Waals surface area contributed by atoms with Gasteiger partial charge in [0, 0.05) is 13.5 Å². The Balaban J connectivity index is 2.21. The number of nitrogens with one attached hydrogen (secondary N) is 1. The quantitative estimate of drug-likeness (QED) is 0.850. The van der Waals surface area contributed by atoms with Gasteiger partial charge in [-0.15, -0.1) is 0 Å². The maximum absolute atomic E-state index is 6.43. The van der Waals surface area contributed by atoms with E-state index in [9.17, 15) is 0 Å². The SMILES string of the molecule is CCCNC(Cc1c(Cl)c(CC)nn1C)c1ccco1. The summed E-state index contributed by atoms with van der Waals surface area (Å²) >= 11 is 6.43. The van der Waals surface area contributed by atoms with E-state index in [0.717, 1.165) is 48.0 Å². The highest BCUT2D eigenvalue weighted by Crippen LogP contribution is 2.26. The van der Waals surface area contributed by atoms with Crippen LogP contribution in [0.25, 0.3) is 0 Å². The van der Waals surface area contributed by atoms with Gasteiger partial charge in [0.05, 0.1) is 28.7 Å². The van der Waals surface area contributed by atoms with E-state index in [4.69, 9.17) is 16.0 Å². The van der Waals surface area contributed by atoms with Crippen LogP contribution in [0.15, 0.2) is 22.8 Å². The lowest BCUT2D eigenvalue weighted by atomic mass is 10.1. The van der Waals surface area contributed by atoms with Crippen LogP contribution in [0.5, 0.6) is 0 Å². The minimum atomic E-state index is 0.127. The second-order valence-electron chi connectivity index (χ2n) is 4.91. The Bertz CT molecular complexity index is 534. The number of nitrogens with zero attached hydrogens (tertiary/aromatic N) is 2. The van der Waals surface area contributed by atoms with Crippen LogP contribution in [-0.4, -0.2) is 16.3 Å². The van der Waals surface area contributed by atoms with E-state index in [1.807, 2.05) is 23.9 Å². The highest BCUT2D eigenvalue weighted by molar-refractivity contribution is 6.31. The summed E-state index contributed by atoms with van der Waals surface area (Å²) in [4.78, 5) is 0.